The third-order valence-electron chi connectivity index (χ3n) is 5.01. The number of benzene rings is 2. The van der Waals surface area contributed by atoms with Gasteiger partial charge in [-0.1, -0.05) is 36.4 Å². The minimum atomic E-state index is 0. The molecule has 0 fully saturated rings. The van der Waals surface area contributed by atoms with Crippen molar-refractivity contribution in [1.82, 2.24) is 20.6 Å². The van der Waals surface area contributed by atoms with Crippen LogP contribution in [0.3, 0.4) is 0 Å². The van der Waals surface area contributed by atoms with Crippen LogP contribution in [0.4, 0.5) is 0 Å². The summed E-state index contributed by atoms with van der Waals surface area (Å²) in [4.78, 5) is 12.7. The summed E-state index contributed by atoms with van der Waals surface area (Å²) in [5, 5.41) is 8.01. The van der Waals surface area contributed by atoms with Crippen molar-refractivity contribution in [1.29, 1.82) is 0 Å². The molecule has 0 unspecified atom stereocenters. The number of hydrogen-bond acceptors (Lipinski definition) is 3. The molecule has 4 aromatic rings. The number of H-pyrrole nitrogens is 1. The van der Waals surface area contributed by atoms with Gasteiger partial charge in [-0.2, -0.15) is 0 Å². The van der Waals surface area contributed by atoms with Gasteiger partial charge >= 0.3 is 0 Å². The molecule has 0 bridgehead atoms. The Labute approximate surface area is 199 Å². The number of nitrogens with one attached hydrogen (secondary N) is 3. The molecule has 0 aliphatic carbocycles. The van der Waals surface area contributed by atoms with E-state index in [-0.39, 0.29) is 24.0 Å². The number of aliphatic imine (C=N–C) groups is 1. The highest BCUT2D eigenvalue weighted by Gasteiger charge is 2.09. The van der Waals surface area contributed by atoms with E-state index in [1.54, 1.807) is 6.26 Å². The monoisotopic (exact) mass is 529 g/mol. The zero-order valence-corrected chi connectivity index (χ0v) is 20.1. The number of rotatable bonds is 7. The van der Waals surface area contributed by atoms with Crippen LogP contribution in [-0.4, -0.2) is 29.0 Å². The fraction of sp³-hybridized carbons (Fsp3) is 0.250. The highest BCUT2D eigenvalue weighted by Crippen LogP contribution is 2.22. The Morgan fingerprint density at radius 3 is 2.65 bits per heavy atom. The lowest BCUT2D eigenvalue weighted by Crippen LogP contribution is -2.38. The largest absolute Gasteiger partial charge is 0.444 e. The predicted molar refractivity (Wildman–Crippen MR) is 137 cm³/mol. The zero-order chi connectivity index (χ0) is 20.8. The summed E-state index contributed by atoms with van der Waals surface area (Å²) in [5.74, 6) is 1.40. The van der Waals surface area contributed by atoms with Gasteiger partial charge in [-0.25, -0.2) is 9.98 Å². The van der Waals surface area contributed by atoms with Crippen LogP contribution in [-0.2, 0) is 13.0 Å². The highest BCUT2D eigenvalue weighted by molar-refractivity contribution is 14.0. The average Bonchev–Trinajstić information content (AvgIpc) is 3.37. The van der Waals surface area contributed by atoms with E-state index in [0.29, 0.717) is 12.4 Å². The molecule has 7 heteroatoms. The van der Waals surface area contributed by atoms with Crippen molar-refractivity contribution in [3.63, 3.8) is 0 Å². The zero-order valence-electron chi connectivity index (χ0n) is 17.8. The molecule has 0 radical (unpaired) electrons. The maximum Gasteiger partial charge on any atom is 0.226 e. The van der Waals surface area contributed by atoms with Gasteiger partial charge in [-0.3, -0.25) is 0 Å². The standard InChI is InChI=1S/C24H27N5O.HI/c1-3-25-24(26-14-13-20-17(2)28-22-12-8-7-11-21(20)22)27-15-19-16-30-23(29-19)18-9-5-4-6-10-18;/h4-12,16,28H,3,13-15H2,1-2H3,(H2,25,26,27);1H. The number of aromatic amines is 1. The Morgan fingerprint density at radius 2 is 1.84 bits per heavy atom. The lowest BCUT2D eigenvalue weighted by molar-refractivity contribution is 0.572. The molecule has 3 N–H and O–H groups in total. The molecule has 6 nitrogen and oxygen atoms in total. The van der Waals surface area contributed by atoms with Crippen molar-refractivity contribution >= 4 is 40.8 Å². The van der Waals surface area contributed by atoms with Gasteiger partial charge in [0.15, 0.2) is 5.96 Å². The first-order chi connectivity index (χ1) is 14.7. The molecule has 0 aliphatic heterocycles. The summed E-state index contributed by atoms with van der Waals surface area (Å²) in [6, 6.07) is 18.3. The number of oxazole rings is 1. The van der Waals surface area contributed by atoms with E-state index in [9.17, 15) is 0 Å². The van der Waals surface area contributed by atoms with Crippen LogP contribution in [0.5, 0.6) is 0 Å². The Balaban J connectivity index is 0.00000272. The van der Waals surface area contributed by atoms with Gasteiger partial charge in [-0.05, 0) is 44.0 Å². The second-order valence-electron chi connectivity index (χ2n) is 7.16. The van der Waals surface area contributed by atoms with E-state index >= 15 is 0 Å². The Morgan fingerprint density at radius 1 is 1.06 bits per heavy atom. The van der Waals surface area contributed by atoms with Crippen LogP contribution in [0.2, 0.25) is 0 Å². The van der Waals surface area contributed by atoms with Gasteiger partial charge in [0.1, 0.15) is 12.0 Å². The summed E-state index contributed by atoms with van der Waals surface area (Å²) in [7, 11) is 0. The van der Waals surface area contributed by atoms with E-state index in [1.165, 1.54) is 22.2 Å². The fourth-order valence-corrected chi connectivity index (χ4v) is 3.56. The lowest BCUT2D eigenvalue weighted by Gasteiger charge is -2.11. The third-order valence-corrected chi connectivity index (χ3v) is 5.01. The molecule has 162 valence electrons. The minimum absolute atomic E-state index is 0. The second-order valence-corrected chi connectivity index (χ2v) is 7.16. The number of guanidine groups is 1. The number of fused-ring (bicyclic) bond motifs is 1. The molecule has 0 saturated carbocycles. The number of aryl methyl sites for hydroxylation is 1. The summed E-state index contributed by atoms with van der Waals surface area (Å²) in [5.41, 5.74) is 5.52. The molecule has 4 rings (SSSR count). The molecule has 0 amide bonds. The van der Waals surface area contributed by atoms with Gasteiger partial charge in [0.25, 0.3) is 0 Å². The van der Waals surface area contributed by atoms with Crippen molar-refractivity contribution in [3.8, 4) is 11.5 Å². The van der Waals surface area contributed by atoms with Crippen molar-refractivity contribution < 1.29 is 4.42 Å². The van der Waals surface area contributed by atoms with Crippen molar-refractivity contribution in [3.05, 3.63) is 77.8 Å². The average molecular weight is 529 g/mol. The number of nitrogens with zero attached hydrogens (tertiary/aromatic N) is 2. The number of para-hydroxylation sites is 1. The van der Waals surface area contributed by atoms with Crippen molar-refractivity contribution in [2.75, 3.05) is 13.1 Å². The van der Waals surface area contributed by atoms with E-state index < -0.39 is 0 Å². The van der Waals surface area contributed by atoms with Gasteiger partial charge in [0, 0.05) is 35.2 Å². The number of hydrogen-bond donors (Lipinski definition) is 3. The van der Waals surface area contributed by atoms with E-state index in [1.807, 2.05) is 30.3 Å². The molecular weight excluding hydrogens is 501 g/mol. The first-order valence-electron chi connectivity index (χ1n) is 10.3. The molecule has 2 aromatic carbocycles. The maximum absolute atomic E-state index is 5.60. The van der Waals surface area contributed by atoms with E-state index in [4.69, 9.17) is 4.42 Å². The Bertz CT molecular complexity index is 1130. The van der Waals surface area contributed by atoms with Crippen LogP contribution in [0.1, 0.15) is 23.9 Å². The summed E-state index contributed by atoms with van der Waals surface area (Å²) >= 11 is 0. The molecule has 2 aromatic heterocycles. The molecular formula is C24H28IN5O. The first kappa shape index (κ1) is 22.9. The van der Waals surface area contributed by atoms with Crippen molar-refractivity contribution in [2.45, 2.75) is 26.8 Å². The van der Waals surface area contributed by atoms with Crippen LogP contribution in [0.15, 0.2) is 70.3 Å². The first-order valence-corrected chi connectivity index (χ1v) is 10.3. The number of aromatic nitrogens is 2. The highest BCUT2D eigenvalue weighted by atomic mass is 127. The van der Waals surface area contributed by atoms with Crippen LogP contribution in [0, 0.1) is 6.92 Å². The van der Waals surface area contributed by atoms with Gasteiger partial charge in [0.2, 0.25) is 5.89 Å². The number of halogens is 1. The van der Waals surface area contributed by atoms with E-state index in [0.717, 1.165) is 36.7 Å². The van der Waals surface area contributed by atoms with Crippen molar-refractivity contribution in [2.24, 2.45) is 4.99 Å². The minimum Gasteiger partial charge on any atom is -0.444 e. The van der Waals surface area contributed by atoms with Crippen LogP contribution in [0.25, 0.3) is 22.4 Å². The summed E-state index contributed by atoms with van der Waals surface area (Å²) in [6.07, 6.45) is 2.59. The summed E-state index contributed by atoms with van der Waals surface area (Å²) in [6.45, 7) is 6.24. The lowest BCUT2D eigenvalue weighted by atomic mass is 10.1. The quantitative estimate of drug-likeness (QED) is 0.178. The Kier molecular flexibility index (Phi) is 8.11. The van der Waals surface area contributed by atoms with Crippen LogP contribution < -0.4 is 10.6 Å². The Hall–Kier alpha value is -2.81. The topological polar surface area (TPSA) is 78.2 Å². The third kappa shape index (κ3) is 5.66. The predicted octanol–water partition coefficient (Wildman–Crippen LogP) is 5.05. The molecule has 2 heterocycles. The fourth-order valence-electron chi connectivity index (χ4n) is 3.56. The van der Waals surface area contributed by atoms with Crippen LogP contribution >= 0.6 is 24.0 Å². The molecule has 0 saturated heterocycles. The molecule has 0 atom stereocenters. The maximum atomic E-state index is 5.60. The second kappa shape index (κ2) is 11.0. The van der Waals surface area contributed by atoms with Gasteiger partial charge in [0.05, 0.1) is 6.54 Å². The normalized spacial score (nSPS) is 11.4. The van der Waals surface area contributed by atoms with E-state index in [2.05, 4.69) is 63.7 Å². The SMILES string of the molecule is CCNC(=NCc1coc(-c2ccccc2)n1)NCCc1c(C)[nH]c2ccccc12.I. The van der Waals surface area contributed by atoms with Gasteiger partial charge in [-0.15, -0.1) is 24.0 Å². The summed E-state index contributed by atoms with van der Waals surface area (Å²) < 4.78 is 5.60. The molecule has 0 spiro atoms. The molecule has 31 heavy (non-hydrogen) atoms. The smallest absolute Gasteiger partial charge is 0.226 e. The molecule has 0 aliphatic rings. The van der Waals surface area contributed by atoms with Gasteiger partial charge < -0.3 is 20.0 Å².